The van der Waals surface area contributed by atoms with Crippen LogP contribution in [0.1, 0.15) is 45.1 Å². The lowest BCUT2D eigenvalue weighted by Gasteiger charge is -2.21. The maximum Gasteiger partial charge on any atom is 0.306 e. The van der Waals surface area contributed by atoms with Crippen molar-refractivity contribution >= 4 is 17.6 Å². The number of rotatable bonds is 5. The fraction of sp³-hybridized carbons (Fsp3) is 0.533. The summed E-state index contributed by atoms with van der Waals surface area (Å²) in [5.74, 6) is -0.112. The van der Waals surface area contributed by atoms with Crippen molar-refractivity contribution in [3.63, 3.8) is 0 Å². The molecule has 0 unspecified atom stereocenters. The second-order valence-electron chi connectivity index (χ2n) is 5.58. The van der Waals surface area contributed by atoms with Crippen LogP contribution in [0.3, 0.4) is 0 Å². The number of carbonyl (C=O) groups excluding carboxylic acids is 1. The van der Waals surface area contributed by atoms with E-state index >= 15 is 0 Å². The zero-order valence-electron chi connectivity index (χ0n) is 11.8. The molecule has 0 aliphatic rings. The van der Waals surface area contributed by atoms with E-state index in [4.69, 9.17) is 22.1 Å². The van der Waals surface area contributed by atoms with E-state index in [0.717, 1.165) is 5.56 Å². The Kier molecular flexibility index (Phi) is 5.83. The monoisotopic (exact) mass is 283 g/mol. The van der Waals surface area contributed by atoms with Crippen molar-refractivity contribution in [1.82, 2.24) is 0 Å². The first-order valence-corrected chi connectivity index (χ1v) is 6.87. The minimum Gasteiger partial charge on any atom is -0.460 e. The molecule has 0 bridgehead atoms. The lowest BCUT2D eigenvalue weighted by atomic mass is 9.94. The number of nitrogens with two attached hydrogens (primary N) is 1. The van der Waals surface area contributed by atoms with Crippen molar-refractivity contribution in [2.24, 2.45) is 5.73 Å². The van der Waals surface area contributed by atoms with Crippen LogP contribution in [0.15, 0.2) is 24.3 Å². The Morgan fingerprint density at radius 3 is 2.53 bits per heavy atom. The number of hydrogen-bond acceptors (Lipinski definition) is 3. The summed E-state index contributed by atoms with van der Waals surface area (Å²) in [5.41, 5.74) is 6.33. The minimum atomic E-state index is -0.445. The number of ether oxygens (including phenoxy) is 1. The molecule has 0 spiro atoms. The molecule has 2 N–H and O–H groups in total. The highest BCUT2D eigenvalue weighted by Crippen LogP contribution is 2.27. The molecule has 0 saturated heterocycles. The Bertz CT molecular complexity index is 426. The van der Waals surface area contributed by atoms with Gasteiger partial charge in [0.1, 0.15) is 5.60 Å². The molecule has 1 atom stereocenters. The summed E-state index contributed by atoms with van der Waals surface area (Å²) < 4.78 is 5.29. The standard InChI is InChI=1S/C15H22ClNO2/c1-15(2,3)19-14(18)9-8-11(10-17)12-6-4-5-7-13(12)16/h4-7,11H,8-10,17H2,1-3H3/t11-/m0/s1. The van der Waals surface area contributed by atoms with E-state index in [-0.39, 0.29) is 11.9 Å². The molecule has 1 rings (SSSR count). The van der Waals surface area contributed by atoms with Crippen LogP contribution in [0.2, 0.25) is 5.02 Å². The minimum absolute atomic E-state index is 0.0845. The van der Waals surface area contributed by atoms with E-state index < -0.39 is 5.60 Å². The highest BCUT2D eigenvalue weighted by Gasteiger charge is 2.19. The van der Waals surface area contributed by atoms with E-state index in [0.29, 0.717) is 24.4 Å². The highest BCUT2D eigenvalue weighted by molar-refractivity contribution is 6.31. The molecule has 0 radical (unpaired) electrons. The summed E-state index contributed by atoms with van der Waals surface area (Å²) in [5, 5.41) is 0.696. The molecule has 106 valence electrons. The van der Waals surface area contributed by atoms with Crippen molar-refractivity contribution in [2.75, 3.05) is 6.54 Å². The van der Waals surface area contributed by atoms with Gasteiger partial charge in [-0.2, -0.15) is 0 Å². The van der Waals surface area contributed by atoms with Crippen LogP contribution in [0, 0.1) is 0 Å². The molecule has 0 heterocycles. The van der Waals surface area contributed by atoms with Gasteiger partial charge in [0.2, 0.25) is 0 Å². The van der Waals surface area contributed by atoms with Crippen LogP contribution >= 0.6 is 11.6 Å². The van der Waals surface area contributed by atoms with Crippen molar-refractivity contribution < 1.29 is 9.53 Å². The van der Waals surface area contributed by atoms with Crippen LogP contribution in [0.5, 0.6) is 0 Å². The molecule has 19 heavy (non-hydrogen) atoms. The molecule has 0 saturated carbocycles. The van der Waals surface area contributed by atoms with Gasteiger partial charge in [-0.25, -0.2) is 0 Å². The van der Waals surface area contributed by atoms with Crippen molar-refractivity contribution in [1.29, 1.82) is 0 Å². The van der Waals surface area contributed by atoms with Gasteiger partial charge in [0.15, 0.2) is 0 Å². The molecule has 0 aromatic heterocycles. The Hall–Kier alpha value is -1.06. The van der Waals surface area contributed by atoms with Crippen LogP contribution < -0.4 is 5.73 Å². The van der Waals surface area contributed by atoms with Gasteiger partial charge >= 0.3 is 5.97 Å². The third kappa shape index (κ3) is 5.62. The zero-order chi connectivity index (χ0) is 14.5. The molecule has 3 nitrogen and oxygen atoms in total. The first-order valence-electron chi connectivity index (χ1n) is 6.50. The molecular formula is C15H22ClNO2. The van der Waals surface area contributed by atoms with Gasteiger partial charge in [-0.1, -0.05) is 29.8 Å². The lowest BCUT2D eigenvalue weighted by molar-refractivity contribution is -0.155. The van der Waals surface area contributed by atoms with Gasteiger partial charge in [-0.3, -0.25) is 4.79 Å². The predicted octanol–water partition coefficient (Wildman–Crippen LogP) is 3.50. The Morgan fingerprint density at radius 1 is 1.37 bits per heavy atom. The fourth-order valence-corrected chi connectivity index (χ4v) is 2.18. The van der Waals surface area contributed by atoms with Crippen LogP contribution in [-0.2, 0) is 9.53 Å². The van der Waals surface area contributed by atoms with E-state index in [1.165, 1.54) is 0 Å². The Morgan fingerprint density at radius 2 is 2.00 bits per heavy atom. The van der Waals surface area contributed by atoms with Gasteiger partial charge < -0.3 is 10.5 Å². The molecule has 4 heteroatoms. The lowest BCUT2D eigenvalue weighted by Crippen LogP contribution is -2.24. The average Bonchev–Trinajstić information content (AvgIpc) is 2.29. The number of carbonyl (C=O) groups is 1. The summed E-state index contributed by atoms with van der Waals surface area (Å²) in [6.45, 7) is 6.05. The van der Waals surface area contributed by atoms with Crippen molar-refractivity contribution in [3.05, 3.63) is 34.9 Å². The first-order chi connectivity index (χ1) is 8.83. The quantitative estimate of drug-likeness (QED) is 0.842. The molecule has 0 aliphatic heterocycles. The number of halogens is 1. The molecule has 0 fully saturated rings. The second kappa shape index (κ2) is 6.92. The van der Waals surface area contributed by atoms with Crippen molar-refractivity contribution in [3.8, 4) is 0 Å². The van der Waals surface area contributed by atoms with E-state index in [1.54, 1.807) is 0 Å². The average molecular weight is 284 g/mol. The third-order valence-electron chi connectivity index (χ3n) is 2.75. The predicted molar refractivity (Wildman–Crippen MR) is 78.3 cm³/mol. The molecule has 0 aliphatic carbocycles. The summed E-state index contributed by atoms with van der Waals surface area (Å²) in [4.78, 5) is 11.7. The summed E-state index contributed by atoms with van der Waals surface area (Å²) in [7, 11) is 0. The number of esters is 1. The molecular weight excluding hydrogens is 262 g/mol. The third-order valence-corrected chi connectivity index (χ3v) is 3.09. The van der Waals surface area contributed by atoms with E-state index in [2.05, 4.69) is 0 Å². The Labute approximate surface area is 120 Å². The van der Waals surface area contributed by atoms with Crippen LogP contribution in [-0.4, -0.2) is 18.1 Å². The number of hydrogen-bond donors (Lipinski definition) is 1. The van der Waals surface area contributed by atoms with Gasteiger partial charge in [0.25, 0.3) is 0 Å². The fourth-order valence-electron chi connectivity index (χ4n) is 1.89. The normalized spacial score (nSPS) is 13.1. The maximum atomic E-state index is 11.7. The summed E-state index contributed by atoms with van der Waals surface area (Å²) in [6.07, 6.45) is 1.000. The van der Waals surface area contributed by atoms with Gasteiger partial charge in [0.05, 0.1) is 0 Å². The summed E-state index contributed by atoms with van der Waals surface area (Å²) in [6, 6.07) is 7.60. The highest BCUT2D eigenvalue weighted by atomic mass is 35.5. The van der Waals surface area contributed by atoms with Gasteiger partial charge in [-0.05, 0) is 51.3 Å². The second-order valence-corrected chi connectivity index (χ2v) is 5.99. The van der Waals surface area contributed by atoms with E-state index in [9.17, 15) is 4.79 Å². The SMILES string of the molecule is CC(C)(C)OC(=O)CC[C@@H](CN)c1ccccc1Cl. The van der Waals surface area contributed by atoms with E-state index in [1.807, 2.05) is 45.0 Å². The maximum absolute atomic E-state index is 11.7. The number of benzene rings is 1. The topological polar surface area (TPSA) is 52.3 Å². The molecule has 0 amide bonds. The first kappa shape index (κ1) is 16.0. The molecule has 1 aromatic rings. The smallest absolute Gasteiger partial charge is 0.306 e. The van der Waals surface area contributed by atoms with Crippen molar-refractivity contribution in [2.45, 2.75) is 45.1 Å². The Balaban J connectivity index is 2.59. The van der Waals surface area contributed by atoms with Gasteiger partial charge in [-0.15, -0.1) is 0 Å². The van der Waals surface area contributed by atoms with Gasteiger partial charge in [0, 0.05) is 11.4 Å². The zero-order valence-corrected chi connectivity index (χ0v) is 12.5. The summed E-state index contributed by atoms with van der Waals surface area (Å²) >= 11 is 6.15. The largest absolute Gasteiger partial charge is 0.460 e. The van der Waals surface area contributed by atoms with Crippen LogP contribution in [0.4, 0.5) is 0 Å². The van der Waals surface area contributed by atoms with Crippen LogP contribution in [0.25, 0.3) is 0 Å². The molecule has 1 aromatic carbocycles.